The Kier molecular flexibility index (Phi) is 5.76. The Bertz CT molecular complexity index is 1290. The van der Waals surface area contributed by atoms with Crippen LogP contribution in [-0.2, 0) is 20.3 Å². The van der Waals surface area contributed by atoms with E-state index in [1.807, 2.05) is 6.07 Å². The topological polar surface area (TPSA) is 73.6 Å². The van der Waals surface area contributed by atoms with Crippen molar-refractivity contribution >= 4 is 20.8 Å². The van der Waals surface area contributed by atoms with Crippen molar-refractivity contribution in [2.75, 3.05) is 19.5 Å². The van der Waals surface area contributed by atoms with Crippen LogP contribution in [0.5, 0.6) is 0 Å². The Morgan fingerprint density at radius 2 is 1.80 bits per heavy atom. The number of hydrogen-bond donors (Lipinski definition) is 0. The van der Waals surface area contributed by atoms with Crippen molar-refractivity contribution in [2.24, 2.45) is 5.92 Å². The maximum Gasteiger partial charge on any atom is 0.200 e. The maximum absolute atomic E-state index is 13.0. The van der Waals surface area contributed by atoms with E-state index < -0.39 is 9.84 Å². The summed E-state index contributed by atoms with van der Waals surface area (Å²) in [5.74, 6) is 6.78. The van der Waals surface area contributed by atoms with Gasteiger partial charge >= 0.3 is 0 Å². The molecular weight excluding hydrogens is 400 g/mol. The van der Waals surface area contributed by atoms with Crippen molar-refractivity contribution in [3.05, 3.63) is 70.1 Å². The molecule has 1 aromatic heterocycles. The van der Waals surface area contributed by atoms with Gasteiger partial charge in [-0.3, -0.25) is 4.79 Å². The van der Waals surface area contributed by atoms with Gasteiger partial charge in [0.2, 0.25) is 0 Å². The molecule has 2 heterocycles. The fourth-order valence-corrected chi connectivity index (χ4v) is 4.31. The van der Waals surface area contributed by atoms with Crippen molar-refractivity contribution in [1.82, 2.24) is 0 Å². The summed E-state index contributed by atoms with van der Waals surface area (Å²) in [6.45, 7) is 1.51. The summed E-state index contributed by atoms with van der Waals surface area (Å²) in [5, 5.41) is 0.490. The van der Waals surface area contributed by atoms with Crippen LogP contribution in [0.2, 0.25) is 0 Å². The van der Waals surface area contributed by atoms with Crippen molar-refractivity contribution in [1.29, 1.82) is 0 Å². The van der Waals surface area contributed by atoms with E-state index in [2.05, 4.69) is 11.8 Å². The van der Waals surface area contributed by atoms with Crippen molar-refractivity contribution in [2.45, 2.75) is 18.6 Å². The zero-order valence-corrected chi connectivity index (χ0v) is 17.5. The van der Waals surface area contributed by atoms with Crippen molar-refractivity contribution in [3.8, 4) is 23.0 Å². The minimum atomic E-state index is -3.11. The molecule has 0 amide bonds. The molecule has 6 heteroatoms. The lowest BCUT2D eigenvalue weighted by molar-refractivity contribution is 0.0807. The normalized spacial score (nSPS) is 15.0. The SMILES string of the molecule is CS(=O)(=O)Cc1ccc(-c2coc3cc(C#CC4CCOCC4)ccc3c2=O)cc1. The standard InChI is InChI=1S/C24H22O5S/c1-30(26,27)16-19-4-7-20(8-5-19)22-15-29-23-14-18(6-9-21(23)24(22)25)3-2-17-10-12-28-13-11-17/h4-9,14-15,17H,10-13,16H2,1H3. The van der Waals surface area contributed by atoms with Gasteiger partial charge in [0.05, 0.1) is 16.7 Å². The smallest absolute Gasteiger partial charge is 0.200 e. The van der Waals surface area contributed by atoms with Crippen LogP contribution in [0.4, 0.5) is 0 Å². The number of rotatable bonds is 3. The minimum Gasteiger partial charge on any atom is -0.463 e. The summed E-state index contributed by atoms with van der Waals surface area (Å²) in [4.78, 5) is 13.0. The number of ether oxygens (including phenoxy) is 1. The lowest BCUT2D eigenvalue weighted by atomic mass is 10.0. The molecule has 30 heavy (non-hydrogen) atoms. The van der Waals surface area contributed by atoms with Crippen LogP contribution in [0, 0.1) is 17.8 Å². The number of sulfone groups is 1. The molecule has 4 rings (SSSR count). The minimum absolute atomic E-state index is 0.0305. The van der Waals surface area contributed by atoms with Gasteiger partial charge in [-0.2, -0.15) is 0 Å². The third kappa shape index (κ3) is 4.81. The largest absolute Gasteiger partial charge is 0.463 e. The average Bonchev–Trinajstić information content (AvgIpc) is 2.73. The van der Waals surface area contributed by atoms with E-state index in [9.17, 15) is 13.2 Å². The number of benzene rings is 2. The molecule has 0 spiro atoms. The summed E-state index contributed by atoms with van der Waals surface area (Å²) in [7, 11) is -3.11. The van der Waals surface area contributed by atoms with E-state index in [0.717, 1.165) is 31.6 Å². The third-order valence-electron chi connectivity index (χ3n) is 5.11. The molecule has 0 atom stereocenters. The van der Waals surface area contributed by atoms with Crippen LogP contribution in [0.1, 0.15) is 24.0 Å². The highest BCUT2D eigenvalue weighted by molar-refractivity contribution is 7.89. The Morgan fingerprint density at radius 3 is 2.50 bits per heavy atom. The summed E-state index contributed by atoms with van der Waals surface area (Å²) in [6.07, 6.45) is 4.54. The highest BCUT2D eigenvalue weighted by Gasteiger charge is 2.12. The summed E-state index contributed by atoms with van der Waals surface area (Å²) < 4.78 is 34.0. The van der Waals surface area contributed by atoms with Gasteiger partial charge in [0.25, 0.3) is 0 Å². The molecule has 5 nitrogen and oxygen atoms in total. The van der Waals surface area contributed by atoms with Crippen LogP contribution < -0.4 is 5.43 Å². The number of fused-ring (bicyclic) bond motifs is 1. The molecule has 0 unspecified atom stereocenters. The van der Waals surface area contributed by atoms with Gasteiger partial charge < -0.3 is 9.15 Å². The van der Waals surface area contributed by atoms with Crippen LogP contribution >= 0.6 is 0 Å². The molecule has 0 radical (unpaired) electrons. The fourth-order valence-electron chi connectivity index (χ4n) is 3.52. The van der Waals surface area contributed by atoms with Gasteiger partial charge in [0, 0.05) is 31.0 Å². The second-order valence-corrected chi connectivity index (χ2v) is 9.75. The van der Waals surface area contributed by atoms with Gasteiger partial charge in [0.1, 0.15) is 11.8 Å². The van der Waals surface area contributed by atoms with Crippen LogP contribution in [0.15, 0.2) is 57.9 Å². The molecule has 154 valence electrons. The van der Waals surface area contributed by atoms with Gasteiger partial charge in [0.15, 0.2) is 15.3 Å². The molecule has 0 aliphatic carbocycles. The predicted octanol–water partition coefficient (Wildman–Crippen LogP) is 3.78. The second kappa shape index (κ2) is 8.47. The first-order chi connectivity index (χ1) is 14.4. The Labute approximate surface area is 175 Å². The zero-order valence-electron chi connectivity index (χ0n) is 16.7. The van der Waals surface area contributed by atoms with Crippen molar-refractivity contribution in [3.63, 3.8) is 0 Å². The molecule has 0 saturated carbocycles. The van der Waals surface area contributed by atoms with E-state index in [1.54, 1.807) is 36.4 Å². The van der Waals surface area contributed by atoms with Gasteiger partial charge in [-0.05, 0) is 42.2 Å². The molecule has 3 aromatic rings. The fraction of sp³-hybridized carbons (Fsp3) is 0.292. The molecule has 1 aliphatic rings. The van der Waals surface area contributed by atoms with E-state index in [-0.39, 0.29) is 11.2 Å². The third-order valence-corrected chi connectivity index (χ3v) is 5.97. The van der Waals surface area contributed by atoms with Crippen LogP contribution in [0.25, 0.3) is 22.1 Å². The first-order valence-electron chi connectivity index (χ1n) is 9.81. The van der Waals surface area contributed by atoms with Crippen LogP contribution in [0.3, 0.4) is 0 Å². The molecule has 1 fully saturated rings. The monoisotopic (exact) mass is 422 g/mol. The van der Waals surface area contributed by atoms with Gasteiger partial charge in [-0.1, -0.05) is 36.1 Å². The Balaban J connectivity index is 1.61. The van der Waals surface area contributed by atoms with Gasteiger partial charge in [-0.25, -0.2) is 8.42 Å². The first-order valence-corrected chi connectivity index (χ1v) is 11.9. The van der Waals surface area contributed by atoms with E-state index >= 15 is 0 Å². The zero-order chi connectivity index (χ0) is 21.1. The maximum atomic E-state index is 13.0. The average molecular weight is 423 g/mol. The molecule has 1 aliphatic heterocycles. The highest BCUT2D eigenvalue weighted by Crippen LogP contribution is 2.22. The lowest BCUT2D eigenvalue weighted by Gasteiger charge is -2.16. The molecule has 2 aromatic carbocycles. The summed E-state index contributed by atoms with van der Waals surface area (Å²) in [6, 6.07) is 12.3. The van der Waals surface area contributed by atoms with E-state index in [1.165, 1.54) is 12.5 Å². The van der Waals surface area contributed by atoms with Crippen molar-refractivity contribution < 1.29 is 17.6 Å². The number of hydrogen-bond acceptors (Lipinski definition) is 5. The van der Waals surface area contributed by atoms with E-state index in [0.29, 0.717) is 33.6 Å². The summed E-state index contributed by atoms with van der Waals surface area (Å²) in [5.41, 5.74) is 2.99. The first kappa shape index (κ1) is 20.4. The Hall–Kier alpha value is -2.88. The second-order valence-electron chi connectivity index (χ2n) is 7.61. The molecular formula is C24H22O5S. The quantitative estimate of drug-likeness (QED) is 0.601. The molecule has 0 bridgehead atoms. The highest BCUT2D eigenvalue weighted by atomic mass is 32.2. The molecule has 0 N–H and O–H groups in total. The Morgan fingerprint density at radius 1 is 1.07 bits per heavy atom. The van der Waals surface area contributed by atoms with Crippen LogP contribution in [-0.4, -0.2) is 27.9 Å². The predicted molar refractivity (Wildman–Crippen MR) is 117 cm³/mol. The van der Waals surface area contributed by atoms with Gasteiger partial charge in [-0.15, -0.1) is 0 Å². The molecule has 1 saturated heterocycles. The summed E-state index contributed by atoms with van der Waals surface area (Å²) >= 11 is 0. The lowest BCUT2D eigenvalue weighted by Crippen LogP contribution is -2.13. The van der Waals surface area contributed by atoms with E-state index in [4.69, 9.17) is 9.15 Å².